The second-order valence-electron chi connectivity index (χ2n) is 5.71. The minimum Gasteiger partial charge on any atom is -0.357 e. The molecule has 0 atom stereocenters. The molecule has 0 bridgehead atoms. The zero-order chi connectivity index (χ0) is 18.2. The molecule has 1 amide bonds. The molecule has 0 aromatic carbocycles. The fraction of sp³-hybridized carbons (Fsp3) is 0.350. The predicted molar refractivity (Wildman–Crippen MR) is 104 cm³/mol. The molecule has 2 aromatic heterocycles. The van der Waals surface area contributed by atoms with Gasteiger partial charge >= 0.3 is 0 Å². The Morgan fingerprint density at radius 3 is 2.56 bits per heavy atom. The van der Waals surface area contributed by atoms with Crippen LogP contribution in [-0.4, -0.2) is 29.0 Å². The molecule has 0 saturated carbocycles. The van der Waals surface area contributed by atoms with E-state index in [9.17, 15) is 4.79 Å². The number of anilines is 2. The predicted octanol–water partition coefficient (Wildman–Crippen LogP) is 2.57. The molecule has 5 heteroatoms. The van der Waals surface area contributed by atoms with Gasteiger partial charge in [-0.1, -0.05) is 19.1 Å². The molecular formula is C20H26N4O. The SMILES string of the molecule is C/C=c1/cc(NC(=O)c2ccnc(N(CC)CCC)c2)nc/c1=C/C. The Bertz CT molecular complexity index is 845. The van der Waals surface area contributed by atoms with Crippen LogP contribution in [0.5, 0.6) is 0 Å². The van der Waals surface area contributed by atoms with E-state index < -0.39 is 0 Å². The van der Waals surface area contributed by atoms with Gasteiger partial charge in [-0.15, -0.1) is 0 Å². The molecule has 0 saturated heterocycles. The number of aromatic nitrogens is 2. The molecule has 2 rings (SSSR count). The molecule has 1 N–H and O–H groups in total. The van der Waals surface area contributed by atoms with E-state index in [4.69, 9.17) is 0 Å². The van der Waals surface area contributed by atoms with Crippen LogP contribution in [0.3, 0.4) is 0 Å². The topological polar surface area (TPSA) is 58.1 Å². The standard InChI is InChI=1S/C20H26N4O/c1-5-11-24(8-4)19-13-17(9-10-21-19)20(25)23-18-12-15(6-2)16(7-3)14-22-18/h6-7,9-10,12-14H,5,8,11H2,1-4H3,(H,23,25)/b15-6-,16-7-. The smallest absolute Gasteiger partial charge is 0.257 e. The zero-order valence-electron chi connectivity index (χ0n) is 15.4. The first kappa shape index (κ1) is 18.6. The molecule has 5 nitrogen and oxygen atoms in total. The van der Waals surface area contributed by atoms with E-state index >= 15 is 0 Å². The van der Waals surface area contributed by atoms with E-state index in [1.807, 2.05) is 38.1 Å². The monoisotopic (exact) mass is 338 g/mol. The van der Waals surface area contributed by atoms with Crippen molar-refractivity contribution in [2.24, 2.45) is 0 Å². The van der Waals surface area contributed by atoms with Gasteiger partial charge in [0.2, 0.25) is 0 Å². The summed E-state index contributed by atoms with van der Waals surface area (Å²) in [5, 5.41) is 4.96. The first-order valence-electron chi connectivity index (χ1n) is 8.74. The van der Waals surface area contributed by atoms with Gasteiger partial charge in [0.25, 0.3) is 5.91 Å². The van der Waals surface area contributed by atoms with Crippen LogP contribution in [-0.2, 0) is 0 Å². The Kier molecular flexibility index (Phi) is 6.69. The van der Waals surface area contributed by atoms with E-state index in [0.717, 1.165) is 35.8 Å². The van der Waals surface area contributed by atoms with E-state index in [-0.39, 0.29) is 5.91 Å². The summed E-state index contributed by atoms with van der Waals surface area (Å²) in [7, 11) is 0. The second-order valence-corrected chi connectivity index (χ2v) is 5.71. The molecule has 0 aliphatic heterocycles. The molecule has 2 heterocycles. The van der Waals surface area contributed by atoms with Crippen molar-refractivity contribution < 1.29 is 4.79 Å². The molecular weight excluding hydrogens is 312 g/mol. The maximum atomic E-state index is 12.6. The van der Waals surface area contributed by atoms with Gasteiger partial charge in [-0.3, -0.25) is 4.79 Å². The third-order valence-electron chi connectivity index (χ3n) is 4.04. The Hall–Kier alpha value is -2.69. The number of rotatable bonds is 6. The van der Waals surface area contributed by atoms with Crippen LogP contribution in [0.25, 0.3) is 12.2 Å². The first-order valence-corrected chi connectivity index (χ1v) is 8.74. The van der Waals surface area contributed by atoms with Gasteiger partial charge in [0, 0.05) is 31.0 Å². The zero-order valence-corrected chi connectivity index (χ0v) is 15.4. The fourth-order valence-corrected chi connectivity index (χ4v) is 2.67. The van der Waals surface area contributed by atoms with Crippen LogP contribution in [0.15, 0.2) is 30.6 Å². The molecule has 2 aromatic rings. The van der Waals surface area contributed by atoms with E-state index in [1.54, 1.807) is 18.5 Å². The van der Waals surface area contributed by atoms with Crippen molar-refractivity contribution in [3.8, 4) is 0 Å². The third-order valence-corrected chi connectivity index (χ3v) is 4.04. The quantitative estimate of drug-likeness (QED) is 0.879. The van der Waals surface area contributed by atoms with Crippen molar-refractivity contribution >= 4 is 29.7 Å². The highest BCUT2D eigenvalue weighted by molar-refractivity contribution is 6.04. The number of pyridine rings is 2. The average Bonchev–Trinajstić information content (AvgIpc) is 2.66. The highest BCUT2D eigenvalue weighted by Gasteiger charge is 2.11. The minimum absolute atomic E-state index is 0.181. The molecule has 0 aliphatic carbocycles. The van der Waals surface area contributed by atoms with Crippen LogP contribution in [0.4, 0.5) is 11.6 Å². The second kappa shape index (κ2) is 8.97. The van der Waals surface area contributed by atoms with Crippen LogP contribution in [0, 0.1) is 0 Å². The van der Waals surface area contributed by atoms with E-state index in [0.29, 0.717) is 11.4 Å². The van der Waals surface area contributed by atoms with Gasteiger partial charge in [0.1, 0.15) is 11.6 Å². The minimum atomic E-state index is -0.181. The van der Waals surface area contributed by atoms with Crippen LogP contribution < -0.4 is 20.7 Å². The number of nitrogens with zero attached hydrogens (tertiary/aromatic N) is 3. The van der Waals surface area contributed by atoms with E-state index in [1.165, 1.54) is 0 Å². The van der Waals surface area contributed by atoms with Crippen molar-refractivity contribution in [1.29, 1.82) is 0 Å². The number of hydrogen-bond donors (Lipinski definition) is 1. The lowest BCUT2D eigenvalue weighted by molar-refractivity contribution is 0.102. The van der Waals surface area contributed by atoms with Gasteiger partial charge in [-0.2, -0.15) is 0 Å². The molecule has 0 unspecified atom stereocenters. The van der Waals surface area contributed by atoms with E-state index in [2.05, 4.69) is 34.0 Å². The molecule has 0 spiro atoms. The summed E-state index contributed by atoms with van der Waals surface area (Å²) in [4.78, 5) is 23.4. The number of nitrogens with one attached hydrogen (secondary N) is 1. The molecule has 132 valence electrons. The Balaban J connectivity index is 2.24. The maximum absolute atomic E-state index is 12.6. The highest BCUT2D eigenvalue weighted by Crippen LogP contribution is 2.14. The van der Waals surface area contributed by atoms with Gasteiger partial charge in [0.15, 0.2) is 0 Å². The summed E-state index contributed by atoms with van der Waals surface area (Å²) in [5.41, 5.74) is 0.578. The van der Waals surface area contributed by atoms with Crippen molar-refractivity contribution in [3.05, 3.63) is 46.6 Å². The van der Waals surface area contributed by atoms with Crippen LogP contribution in [0.1, 0.15) is 44.5 Å². The van der Waals surface area contributed by atoms with Crippen molar-refractivity contribution in [2.45, 2.75) is 34.1 Å². The number of carbonyl (C=O) groups is 1. The van der Waals surface area contributed by atoms with Crippen LogP contribution >= 0.6 is 0 Å². The lowest BCUT2D eigenvalue weighted by Gasteiger charge is -2.21. The normalized spacial score (nSPS) is 12.3. The van der Waals surface area contributed by atoms with Gasteiger partial charge < -0.3 is 10.2 Å². The van der Waals surface area contributed by atoms with Crippen molar-refractivity contribution in [3.63, 3.8) is 0 Å². The van der Waals surface area contributed by atoms with Crippen molar-refractivity contribution in [2.75, 3.05) is 23.3 Å². The Morgan fingerprint density at radius 1 is 1.16 bits per heavy atom. The van der Waals surface area contributed by atoms with Crippen molar-refractivity contribution in [1.82, 2.24) is 9.97 Å². The summed E-state index contributed by atoms with van der Waals surface area (Å²) in [6.45, 7) is 9.93. The average molecular weight is 338 g/mol. The summed E-state index contributed by atoms with van der Waals surface area (Å²) < 4.78 is 0. The summed E-state index contributed by atoms with van der Waals surface area (Å²) in [5.74, 6) is 1.19. The Labute approximate surface area is 149 Å². The Morgan fingerprint density at radius 2 is 1.92 bits per heavy atom. The van der Waals surface area contributed by atoms with Crippen LogP contribution in [0.2, 0.25) is 0 Å². The first-order chi connectivity index (χ1) is 12.1. The number of carbonyl (C=O) groups excluding carboxylic acids is 1. The lowest BCUT2D eigenvalue weighted by atomic mass is 10.2. The molecule has 0 fully saturated rings. The number of hydrogen-bond acceptors (Lipinski definition) is 4. The largest absolute Gasteiger partial charge is 0.357 e. The maximum Gasteiger partial charge on any atom is 0.257 e. The fourth-order valence-electron chi connectivity index (χ4n) is 2.67. The van der Waals surface area contributed by atoms with Gasteiger partial charge in [-0.05, 0) is 55.8 Å². The van der Waals surface area contributed by atoms with Gasteiger partial charge in [0.05, 0.1) is 0 Å². The summed E-state index contributed by atoms with van der Waals surface area (Å²) in [6, 6.07) is 5.43. The van der Waals surface area contributed by atoms with Gasteiger partial charge in [-0.25, -0.2) is 9.97 Å². The lowest BCUT2D eigenvalue weighted by Crippen LogP contribution is -2.27. The number of amides is 1. The summed E-state index contributed by atoms with van der Waals surface area (Å²) >= 11 is 0. The molecule has 25 heavy (non-hydrogen) atoms. The third kappa shape index (κ3) is 4.66. The highest BCUT2D eigenvalue weighted by atomic mass is 16.1. The molecule has 0 aliphatic rings. The molecule has 0 radical (unpaired) electrons. The summed E-state index contributed by atoms with van der Waals surface area (Å²) in [6.07, 6.45) is 8.48.